The normalized spacial score (nSPS) is 13.6. The Labute approximate surface area is 153 Å². The van der Waals surface area contributed by atoms with Crippen molar-refractivity contribution in [2.75, 3.05) is 0 Å². The quantitative estimate of drug-likeness (QED) is 0.766. The molecular weight excluding hydrogens is 324 g/mol. The van der Waals surface area contributed by atoms with Gasteiger partial charge in [0.15, 0.2) is 0 Å². The van der Waals surface area contributed by atoms with Crippen molar-refractivity contribution in [2.45, 2.75) is 39.2 Å². The van der Waals surface area contributed by atoms with Crippen LogP contribution in [0.4, 0.5) is 0 Å². The van der Waals surface area contributed by atoms with E-state index in [0.717, 1.165) is 46.6 Å². The van der Waals surface area contributed by atoms with Crippen molar-refractivity contribution in [3.05, 3.63) is 76.9 Å². The molecule has 1 aromatic carbocycles. The zero-order valence-electron chi connectivity index (χ0n) is 15.1. The smallest absolute Gasteiger partial charge is 0.255 e. The van der Waals surface area contributed by atoms with E-state index in [2.05, 4.69) is 23.3 Å². The minimum absolute atomic E-state index is 0.0546. The summed E-state index contributed by atoms with van der Waals surface area (Å²) in [7, 11) is 0. The number of aryl methyl sites for hydroxylation is 1. The molecule has 1 fully saturated rings. The van der Waals surface area contributed by atoms with Crippen LogP contribution < -0.4 is 5.32 Å². The van der Waals surface area contributed by atoms with Gasteiger partial charge in [0.05, 0.1) is 22.6 Å². The Morgan fingerprint density at radius 2 is 1.88 bits per heavy atom. The summed E-state index contributed by atoms with van der Waals surface area (Å²) in [6.45, 7) is 4.53. The highest BCUT2D eigenvalue weighted by atomic mass is 16.1. The molecule has 3 aromatic rings. The molecule has 1 saturated carbocycles. The number of amides is 1. The van der Waals surface area contributed by atoms with Crippen molar-refractivity contribution in [1.29, 1.82) is 0 Å². The van der Waals surface area contributed by atoms with Gasteiger partial charge in [0, 0.05) is 24.9 Å². The van der Waals surface area contributed by atoms with Crippen molar-refractivity contribution in [3.63, 3.8) is 0 Å². The Morgan fingerprint density at radius 3 is 2.58 bits per heavy atom. The Kier molecular flexibility index (Phi) is 4.29. The highest BCUT2D eigenvalue weighted by molar-refractivity contribution is 5.97. The molecule has 0 unspecified atom stereocenters. The van der Waals surface area contributed by atoms with E-state index in [-0.39, 0.29) is 5.91 Å². The lowest BCUT2D eigenvalue weighted by Gasteiger charge is -2.09. The largest absolute Gasteiger partial charge is 0.348 e. The summed E-state index contributed by atoms with van der Waals surface area (Å²) >= 11 is 0. The first-order chi connectivity index (χ1) is 12.6. The maximum Gasteiger partial charge on any atom is 0.255 e. The van der Waals surface area contributed by atoms with Gasteiger partial charge in [-0.15, -0.1) is 0 Å². The minimum atomic E-state index is -0.0546. The lowest BCUT2D eigenvalue weighted by molar-refractivity contribution is 0.0949. The molecule has 1 amide bonds. The van der Waals surface area contributed by atoms with Crippen LogP contribution in [0.25, 0.3) is 5.69 Å². The number of aromatic nitrogens is 3. The van der Waals surface area contributed by atoms with E-state index in [0.29, 0.717) is 12.5 Å². The molecule has 0 bridgehead atoms. The highest BCUT2D eigenvalue weighted by Gasteiger charge is 2.33. The number of hydrogen-bond donors (Lipinski definition) is 1. The number of carbonyl (C=O) groups is 1. The van der Waals surface area contributed by atoms with Crippen LogP contribution in [0, 0.1) is 13.8 Å². The molecule has 0 saturated heterocycles. The van der Waals surface area contributed by atoms with E-state index >= 15 is 0 Å². The van der Waals surface area contributed by atoms with Crippen molar-refractivity contribution in [1.82, 2.24) is 20.1 Å². The number of pyridine rings is 1. The van der Waals surface area contributed by atoms with Crippen LogP contribution in [0.3, 0.4) is 0 Å². The third kappa shape index (κ3) is 3.12. The van der Waals surface area contributed by atoms with E-state index in [1.54, 1.807) is 12.4 Å². The average molecular weight is 346 g/mol. The third-order valence-electron chi connectivity index (χ3n) is 4.88. The van der Waals surface area contributed by atoms with E-state index in [1.165, 1.54) is 0 Å². The van der Waals surface area contributed by atoms with Gasteiger partial charge in [-0.25, -0.2) is 4.68 Å². The molecule has 2 heterocycles. The van der Waals surface area contributed by atoms with Gasteiger partial charge in [0.1, 0.15) is 0 Å². The van der Waals surface area contributed by atoms with Gasteiger partial charge < -0.3 is 5.32 Å². The van der Waals surface area contributed by atoms with Gasteiger partial charge in [-0.3, -0.25) is 9.78 Å². The minimum Gasteiger partial charge on any atom is -0.348 e. The van der Waals surface area contributed by atoms with Crippen molar-refractivity contribution < 1.29 is 4.79 Å². The molecule has 0 atom stereocenters. The molecule has 26 heavy (non-hydrogen) atoms. The van der Waals surface area contributed by atoms with Crippen LogP contribution in [0.2, 0.25) is 0 Å². The van der Waals surface area contributed by atoms with Crippen LogP contribution in [0.1, 0.15) is 51.6 Å². The number of hydrogen-bond acceptors (Lipinski definition) is 3. The molecule has 0 aliphatic heterocycles. The second-order valence-electron chi connectivity index (χ2n) is 6.86. The first kappa shape index (κ1) is 16.5. The molecule has 1 N–H and O–H groups in total. The zero-order valence-corrected chi connectivity index (χ0v) is 15.1. The van der Waals surface area contributed by atoms with E-state index in [4.69, 9.17) is 5.10 Å². The van der Waals surface area contributed by atoms with Gasteiger partial charge in [0.2, 0.25) is 0 Å². The number of rotatable bonds is 5. The van der Waals surface area contributed by atoms with Gasteiger partial charge in [0.25, 0.3) is 5.91 Å². The molecule has 2 aromatic heterocycles. The number of para-hydroxylation sites is 1. The fourth-order valence-corrected chi connectivity index (χ4v) is 3.25. The second kappa shape index (κ2) is 6.75. The predicted molar refractivity (Wildman–Crippen MR) is 100 cm³/mol. The predicted octanol–water partition coefficient (Wildman–Crippen LogP) is 3.69. The van der Waals surface area contributed by atoms with Gasteiger partial charge in [-0.05, 0) is 56.0 Å². The number of benzene rings is 1. The maximum absolute atomic E-state index is 12.9. The average Bonchev–Trinajstić information content (AvgIpc) is 3.44. The molecule has 5 nitrogen and oxygen atoms in total. The summed E-state index contributed by atoms with van der Waals surface area (Å²) in [6, 6.07) is 11.9. The fourth-order valence-electron chi connectivity index (χ4n) is 3.25. The van der Waals surface area contributed by atoms with Crippen molar-refractivity contribution in [2.24, 2.45) is 0 Å². The Morgan fingerprint density at radius 1 is 1.15 bits per heavy atom. The van der Waals surface area contributed by atoms with Crippen LogP contribution in [-0.2, 0) is 6.54 Å². The molecular formula is C21H22N4O. The van der Waals surface area contributed by atoms with Gasteiger partial charge in [-0.1, -0.05) is 18.2 Å². The molecule has 1 aliphatic carbocycles. The summed E-state index contributed by atoms with van der Waals surface area (Å²) < 4.78 is 1.92. The molecule has 0 spiro atoms. The lowest BCUT2D eigenvalue weighted by Crippen LogP contribution is -2.24. The summed E-state index contributed by atoms with van der Waals surface area (Å²) in [4.78, 5) is 17.0. The maximum atomic E-state index is 12.9. The van der Waals surface area contributed by atoms with Crippen LogP contribution >= 0.6 is 0 Å². The Hall–Kier alpha value is -2.95. The van der Waals surface area contributed by atoms with Gasteiger partial charge >= 0.3 is 0 Å². The van der Waals surface area contributed by atoms with Crippen LogP contribution in [0.15, 0.2) is 48.8 Å². The molecule has 0 radical (unpaired) electrons. The molecule has 132 valence electrons. The lowest BCUT2D eigenvalue weighted by atomic mass is 10.1. The number of nitrogens with one attached hydrogen (secondary N) is 1. The summed E-state index contributed by atoms with van der Waals surface area (Å²) in [5, 5.41) is 7.86. The Bertz CT molecular complexity index is 942. The highest BCUT2D eigenvalue weighted by Crippen LogP contribution is 2.42. The second-order valence-corrected chi connectivity index (χ2v) is 6.86. The third-order valence-corrected chi connectivity index (χ3v) is 4.88. The van der Waals surface area contributed by atoms with Gasteiger partial charge in [-0.2, -0.15) is 5.10 Å². The van der Waals surface area contributed by atoms with Crippen molar-refractivity contribution in [3.8, 4) is 5.69 Å². The topological polar surface area (TPSA) is 59.8 Å². The monoisotopic (exact) mass is 346 g/mol. The molecule has 5 heteroatoms. The van der Waals surface area contributed by atoms with E-state index in [1.807, 2.05) is 41.9 Å². The standard InChI is InChI=1S/C21H22N4O/c1-14-5-3-4-6-18(14)25-15(2)19(20(24-25)17-7-8-17)21(26)23-13-16-9-11-22-12-10-16/h3-6,9-12,17H,7-8,13H2,1-2H3,(H,23,26). The van der Waals surface area contributed by atoms with E-state index in [9.17, 15) is 4.79 Å². The zero-order chi connectivity index (χ0) is 18.1. The Balaban J connectivity index is 1.67. The number of carbonyl (C=O) groups excluding carboxylic acids is 1. The van der Waals surface area contributed by atoms with E-state index < -0.39 is 0 Å². The summed E-state index contributed by atoms with van der Waals surface area (Å²) in [5.74, 6) is 0.349. The number of nitrogens with zero attached hydrogens (tertiary/aromatic N) is 3. The first-order valence-corrected chi connectivity index (χ1v) is 8.97. The van der Waals surface area contributed by atoms with Crippen LogP contribution in [-0.4, -0.2) is 20.7 Å². The first-order valence-electron chi connectivity index (χ1n) is 8.97. The fraction of sp³-hybridized carbons (Fsp3) is 0.286. The SMILES string of the molecule is Cc1ccccc1-n1nc(C2CC2)c(C(=O)NCc2ccncc2)c1C. The molecule has 4 rings (SSSR count). The molecule has 1 aliphatic rings. The van der Waals surface area contributed by atoms with Crippen LogP contribution in [0.5, 0.6) is 0 Å². The summed E-state index contributed by atoms with van der Waals surface area (Å²) in [6.07, 6.45) is 5.68. The van der Waals surface area contributed by atoms with Crippen molar-refractivity contribution >= 4 is 5.91 Å². The summed E-state index contributed by atoms with van der Waals surface area (Å²) in [5.41, 5.74) is 5.76.